The van der Waals surface area contributed by atoms with Crippen LogP contribution in [-0.4, -0.2) is 58.9 Å². The number of likely N-dealkylation sites (tertiary alicyclic amines) is 1. The van der Waals surface area contributed by atoms with Gasteiger partial charge in [0.2, 0.25) is 11.8 Å². The van der Waals surface area contributed by atoms with E-state index >= 15 is 0 Å². The Labute approximate surface area is 135 Å². The third-order valence-corrected chi connectivity index (χ3v) is 4.39. The molecule has 1 fully saturated rings. The molecule has 0 bridgehead atoms. The number of carboxylic acid groups (broad SMARTS) is 1. The molecule has 0 spiro atoms. The normalized spacial score (nSPS) is 15.3. The van der Waals surface area contributed by atoms with Crippen LogP contribution in [0.3, 0.4) is 0 Å². The molecule has 0 aliphatic carbocycles. The summed E-state index contributed by atoms with van der Waals surface area (Å²) in [6.45, 7) is 2.80. The maximum absolute atomic E-state index is 12.4. The number of carbonyl (C=O) groups is 3. The van der Waals surface area contributed by atoms with Crippen LogP contribution in [0.15, 0.2) is 24.3 Å². The molecule has 1 aromatic rings. The van der Waals surface area contributed by atoms with E-state index in [4.69, 9.17) is 5.11 Å². The standard InChI is InChI=1S/C17H22N2O4/c1-12(20)18(2)15-6-8-19(9-7-15)16(21)11-13-4-3-5-14(10-13)17(22)23/h3-5,10,15H,6-9,11H2,1-2H3,(H,22,23). The van der Waals surface area contributed by atoms with Crippen molar-refractivity contribution < 1.29 is 19.5 Å². The van der Waals surface area contributed by atoms with Crippen LogP contribution in [-0.2, 0) is 16.0 Å². The molecule has 6 nitrogen and oxygen atoms in total. The molecule has 1 N–H and O–H groups in total. The largest absolute Gasteiger partial charge is 0.478 e. The lowest BCUT2D eigenvalue weighted by atomic mass is 10.0. The second-order valence-corrected chi connectivity index (χ2v) is 5.92. The third kappa shape index (κ3) is 4.31. The van der Waals surface area contributed by atoms with Gasteiger partial charge in [-0.25, -0.2) is 4.79 Å². The molecule has 0 unspecified atom stereocenters. The van der Waals surface area contributed by atoms with E-state index in [1.54, 1.807) is 35.9 Å². The Bertz CT molecular complexity index is 606. The Kier molecular flexibility index (Phi) is 5.36. The van der Waals surface area contributed by atoms with Gasteiger partial charge < -0.3 is 14.9 Å². The number of hydrogen-bond acceptors (Lipinski definition) is 3. The molecule has 1 saturated heterocycles. The first kappa shape index (κ1) is 17.0. The van der Waals surface area contributed by atoms with Gasteiger partial charge >= 0.3 is 5.97 Å². The number of carboxylic acids is 1. The fourth-order valence-electron chi connectivity index (χ4n) is 2.86. The van der Waals surface area contributed by atoms with Crippen LogP contribution < -0.4 is 0 Å². The SMILES string of the molecule is CC(=O)N(C)C1CCN(C(=O)Cc2cccc(C(=O)O)c2)CC1. The molecule has 1 aromatic carbocycles. The molecule has 2 amide bonds. The summed E-state index contributed by atoms with van der Waals surface area (Å²) >= 11 is 0. The van der Waals surface area contributed by atoms with Gasteiger partial charge in [-0.05, 0) is 30.5 Å². The zero-order valence-corrected chi connectivity index (χ0v) is 13.5. The number of piperidine rings is 1. The number of rotatable bonds is 4. The number of amides is 2. The molecule has 0 aromatic heterocycles. The zero-order chi connectivity index (χ0) is 17.0. The van der Waals surface area contributed by atoms with Crippen molar-refractivity contribution in [2.24, 2.45) is 0 Å². The average Bonchev–Trinajstić information content (AvgIpc) is 2.54. The molecule has 1 aliphatic rings. The maximum atomic E-state index is 12.4. The fourth-order valence-corrected chi connectivity index (χ4v) is 2.86. The van der Waals surface area contributed by atoms with Gasteiger partial charge in [0.05, 0.1) is 12.0 Å². The maximum Gasteiger partial charge on any atom is 0.335 e. The van der Waals surface area contributed by atoms with Crippen LogP contribution in [0, 0.1) is 0 Å². The zero-order valence-electron chi connectivity index (χ0n) is 13.5. The lowest BCUT2D eigenvalue weighted by Gasteiger charge is -2.36. The lowest BCUT2D eigenvalue weighted by Crippen LogP contribution is -2.47. The summed E-state index contributed by atoms with van der Waals surface area (Å²) < 4.78 is 0. The monoisotopic (exact) mass is 318 g/mol. The molecule has 0 atom stereocenters. The predicted molar refractivity (Wildman–Crippen MR) is 85.2 cm³/mol. The summed E-state index contributed by atoms with van der Waals surface area (Å²) in [5, 5.41) is 8.99. The van der Waals surface area contributed by atoms with Crippen molar-refractivity contribution in [2.45, 2.75) is 32.2 Å². The van der Waals surface area contributed by atoms with Crippen molar-refractivity contribution in [2.75, 3.05) is 20.1 Å². The van der Waals surface area contributed by atoms with E-state index in [2.05, 4.69) is 0 Å². The van der Waals surface area contributed by atoms with Crippen molar-refractivity contribution in [3.05, 3.63) is 35.4 Å². The van der Waals surface area contributed by atoms with E-state index in [1.807, 2.05) is 0 Å². The highest BCUT2D eigenvalue weighted by atomic mass is 16.4. The van der Waals surface area contributed by atoms with Crippen LogP contribution in [0.4, 0.5) is 0 Å². The number of benzene rings is 1. The van der Waals surface area contributed by atoms with E-state index in [0.29, 0.717) is 18.7 Å². The number of carbonyl (C=O) groups excluding carboxylic acids is 2. The summed E-state index contributed by atoms with van der Waals surface area (Å²) in [5.41, 5.74) is 0.898. The molecule has 1 aliphatic heterocycles. The first-order valence-electron chi connectivity index (χ1n) is 7.72. The topological polar surface area (TPSA) is 77.9 Å². The number of hydrogen-bond donors (Lipinski definition) is 1. The van der Waals surface area contributed by atoms with Crippen molar-refractivity contribution in [3.63, 3.8) is 0 Å². The molecule has 0 radical (unpaired) electrons. The number of aromatic carboxylic acids is 1. The molecule has 6 heteroatoms. The van der Waals surface area contributed by atoms with Gasteiger partial charge in [0, 0.05) is 33.1 Å². The molecule has 0 saturated carbocycles. The van der Waals surface area contributed by atoms with E-state index in [0.717, 1.165) is 12.8 Å². The van der Waals surface area contributed by atoms with E-state index in [1.165, 1.54) is 12.1 Å². The number of nitrogens with zero attached hydrogens (tertiary/aromatic N) is 2. The van der Waals surface area contributed by atoms with Crippen LogP contribution in [0.5, 0.6) is 0 Å². The van der Waals surface area contributed by atoms with E-state index < -0.39 is 5.97 Å². The van der Waals surface area contributed by atoms with Crippen LogP contribution in [0.25, 0.3) is 0 Å². The summed E-state index contributed by atoms with van der Waals surface area (Å²) in [7, 11) is 1.79. The third-order valence-electron chi connectivity index (χ3n) is 4.39. The molecule has 2 rings (SSSR count). The Morgan fingerprint density at radius 3 is 2.48 bits per heavy atom. The smallest absolute Gasteiger partial charge is 0.335 e. The summed E-state index contributed by atoms with van der Waals surface area (Å²) in [5.74, 6) is -0.955. The second kappa shape index (κ2) is 7.26. The molecule has 124 valence electrons. The summed E-state index contributed by atoms with van der Waals surface area (Å²) in [6, 6.07) is 6.66. The van der Waals surface area contributed by atoms with Crippen molar-refractivity contribution in [1.29, 1.82) is 0 Å². The Morgan fingerprint density at radius 2 is 1.91 bits per heavy atom. The van der Waals surface area contributed by atoms with E-state index in [9.17, 15) is 14.4 Å². The van der Waals surface area contributed by atoms with Gasteiger partial charge in [-0.1, -0.05) is 12.1 Å². The minimum atomic E-state index is -0.993. The van der Waals surface area contributed by atoms with Gasteiger partial charge in [-0.2, -0.15) is 0 Å². The first-order valence-corrected chi connectivity index (χ1v) is 7.72. The van der Waals surface area contributed by atoms with Crippen molar-refractivity contribution in [3.8, 4) is 0 Å². The highest BCUT2D eigenvalue weighted by molar-refractivity contribution is 5.88. The van der Waals surface area contributed by atoms with Crippen LogP contribution in [0.2, 0.25) is 0 Å². The molecule has 1 heterocycles. The highest BCUT2D eigenvalue weighted by Gasteiger charge is 2.26. The van der Waals surface area contributed by atoms with Gasteiger partial charge in [-0.15, -0.1) is 0 Å². The van der Waals surface area contributed by atoms with Gasteiger partial charge in [0.15, 0.2) is 0 Å². The summed E-state index contributed by atoms with van der Waals surface area (Å²) in [6.07, 6.45) is 1.75. The van der Waals surface area contributed by atoms with Gasteiger partial charge in [-0.3, -0.25) is 9.59 Å². The average molecular weight is 318 g/mol. The van der Waals surface area contributed by atoms with E-state index in [-0.39, 0.29) is 29.8 Å². The minimum absolute atomic E-state index is 0.00327. The highest BCUT2D eigenvalue weighted by Crippen LogP contribution is 2.17. The second-order valence-electron chi connectivity index (χ2n) is 5.92. The molecular formula is C17H22N2O4. The minimum Gasteiger partial charge on any atom is -0.478 e. The Balaban J connectivity index is 1.92. The Morgan fingerprint density at radius 1 is 1.26 bits per heavy atom. The van der Waals surface area contributed by atoms with Crippen molar-refractivity contribution in [1.82, 2.24) is 9.80 Å². The van der Waals surface area contributed by atoms with Gasteiger partial charge in [0.1, 0.15) is 0 Å². The lowest BCUT2D eigenvalue weighted by molar-refractivity contribution is -0.134. The fraction of sp³-hybridized carbons (Fsp3) is 0.471. The molecule has 23 heavy (non-hydrogen) atoms. The van der Waals surface area contributed by atoms with Crippen LogP contribution >= 0.6 is 0 Å². The predicted octanol–water partition coefficient (Wildman–Crippen LogP) is 1.40. The first-order chi connectivity index (χ1) is 10.9. The van der Waals surface area contributed by atoms with Gasteiger partial charge in [0.25, 0.3) is 0 Å². The quantitative estimate of drug-likeness (QED) is 0.910. The molecular weight excluding hydrogens is 296 g/mol. The summed E-state index contributed by atoms with van der Waals surface area (Å²) in [4.78, 5) is 38.2. The Hall–Kier alpha value is -2.37. The van der Waals surface area contributed by atoms with Crippen molar-refractivity contribution >= 4 is 17.8 Å². The van der Waals surface area contributed by atoms with Crippen LogP contribution in [0.1, 0.15) is 35.7 Å².